The van der Waals surface area contributed by atoms with E-state index in [1.165, 1.54) is 11.3 Å². The molecule has 1 atom stereocenters. The van der Waals surface area contributed by atoms with Crippen molar-refractivity contribution in [2.75, 3.05) is 18.9 Å². The first-order chi connectivity index (χ1) is 6.63. The number of carboxylic acid groups (broad SMARTS) is 1. The fourth-order valence-corrected chi connectivity index (χ4v) is 1.87. The van der Waals surface area contributed by atoms with E-state index in [9.17, 15) is 4.79 Å². The van der Waals surface area contributed by atoms with E-state index in [0.717, 1.165) is 5.00 Å². The topological polar surface area (TPSA) is 61.4 Å². The third-order valence-corrected chi connectivity index (χ3v) is 2.89. The molecule has 0 aliphatic rings. The van der Waals surface area contributed by atoms with Crippen molar-refractivity contribution in [2.24, 2.45) is 0 Å². The first-order valence-corrected chi connectivity index (χ1v) is 5.22. The zero-order chi connectivity index (χ0) is 10.6. The Morgan fingerprint density at radius 2 is 2.43 bits per heavy atom. The van der Waals surface area contributed by atoms with Gasteiger partial charge < -0.3 is 15.7 Å². The van der Waals surface area contributed by atoms with Crippen LogP contribution in [0, 0.1) is 0 Å². The van der Waals surface area contributed by atoms with Crippen LogP contribution in [0.1, 0.15) is 0 Å². The maximum Gasteiger partial charge on any atom is 0.322 e. The number of halogens is 1. The lowest BCUT2D eigenvalue weighted by atomic mass is 10.3. The summed E-state index contributed by atoms with van der Waals surface area (Å²) in [6.07, 6.45) is 0. The van der Waals surface area contributed by atoms with Gasteiger partial charge in [-0.1, -0.05) is 11.6 Å². The predicted molar refractivity (Wildman–Crippen MR) is 58.3 cm³/mol. The average molecular weight is 235 g/mol. The van der Waals surface area contributed by atoms with Gasteiger partial charge in [0, 0.05) is 6.54 Å². The van der Waals surface area contributed by atoms with E-state index >= 15 is 0 Å². The van der Waals surface area contributed by atoms with Gasteiger partial charge in [-0.15, -0.1) is 11.3 Å². The molecule has 6 heteroatoms. The van der Waals surface area contributed by atoms with Crippen LogP contribution in [0.15, 0.2) is 12.1 Å². The molecule has 0 fully saturated rings. The summed E-state index contributed by atoms with van der Waals surface area (Å²) in [6.45, 7) is 0.336. The number of anilines is 1. The highest BCUT2D eigenvalue weighted by atomic mass is 35.5. The Bertz CT molecular complexity index is 316. The lowest BCUT2D eigenvalue weighted by Gasteiger charge is -2.11. The van der Waals surface area contributed by atoms with Crippen LogP contribution in [-0.4, -0.2) is 30.7 Å². The van der Waals surface area contributed by atoms with Crippen LogP contribution < -0.4 is 10.6 Å². The van der Waals surface area contributed by atoms with Crippen molar-refractivity contribution in [3.8, 4) is 0 Å². The monoisotopic (exact) mass is 234 g/mol. The first-order valence-electron chi connectivity index (χ1n) is 4.02. The van der Waals surface area contributed by atoms with Crippen LogP contribution in [0.3, 0.4) is 0 Å². The highest BCUT2D eigenvalue weighted by Gasteiger charge is 2.14. The molecule has 1 heterocycles. The molecule has 0 bridgehead atoms. The molecule has 78 valence electrons. The van der Waals surface area contributed by atoms with Gasteiger partial charge in [-0.05, 0) is 19.2 Å². The number of hydrogen-bond donors (Lipinski definition) is 3. The predicted octanol–water partition coefficient (Wildman–Crippen LogP) is 1.49. The van der Waals surface area contributed by atoms with E-state index in [1.807, 2.05) is 6.07 Å². The van der Waals surface area contributed by atoms with Crippen molar-refractivity contribution in [2.45, 2.75) is 6.04 Å². The maximum absolute atomic E-state index is 10.6. The number of thiophene rings is 1. The van der Waals surface area contributed by atoms with Crippen molar-refractivity contribution in [3.05, 3.63) is 16.5 Å². The Morgan fingerprint density at radius 3 is 2.86 bits per heavy atom. The van der Waals surface area contributed by atoms with E-state index in [1.54, 1.807) is 13.1 Å². The van der Waals surface area contributed by atoms with Crippen LogP contribution in [-0.2, 0) is 4.79 Å². The van der Waals surface area contributed by atoms with Crippen LogP contribution >= 0.6 is 22.9 Å². The first kappa shape index (κ1) is 11.3. The Labute approximate surface area is 90.9 Å². The number of carboxylic acids is 1. The smallest absolute Gasteiger partial charge is 0.322 e. The molecule has 0 saturated carbocycles. The van der Waals surface area contributed by atoms with Crippen molar-refractivity contribution in [3.63, 3.8) is 0 Å². The van der Waals surface area contributed by atoms with Gasteiger partial charge in [0.2, 0.25) is 0 Å². The van der Waals surface area contributed by atoms with Crippen LogP contribution in [0.2, 0.25) is 4.34 Å². The van der Waals surface area contributed by atoms with Crippen LogP contribution in [0.25, 0.3) is 0 Å². The Morgan fingerprint density at radius 1 is 1.71 bits per heavy atom. The molecule has 0 amide bonds. The van der Waals surface area contributed by atoms with Gasteiger partial charge in [-0.25, -0.2) is 0 Å². The number of likely N-dealkylation sites (N-methyl/N-ethyl adjacent to an activating group) is 1. The fourth-order valence-electron chi connectivity index (χ4n) is 0.925. The van der Waals surface area contributed by atoms with Gasteiger partial charge >= 0.3 is 5.97 Å². The Hall–Kier alpha value is -0.780. The second-order valence-electron chi connectivity index (χ2n) is 2.66. The number of aliphatic carboxylic acids is 1. The van der Waals surface area contributed by atoms with E-state index < -0.39 is 12.0 Å². The van der Waals surface area contributed by atoms with Gasteiger partial charge in [0.15, 0.2) is 0 Å². The molecule has 3 N–H and O–H groups in total. The van der Waals surface area contributed by atoms with Crippen molar-refractivity contribution in [1.82, 2.24) is 5.32 Å². The molecule has 0 aliphatic heterocycles. The largest absolute Gasteiger partial charge is 0.480 e. The van der Waals surface area contributed by atoms with Crippen molar-refractivity contribution < 1.29 is 9.90 Å². The summed E-state index contributed by atoms with van der Waals surface area (Å²) in [5.41, 5.74) is 0. The minimum Gasteiger partial charge on any atom is -0.480 e. The highest BCUT2D eigenvalue weighted by molar-refractivity contribution is 7.19. The molecule has 1 aromatic heterocycles. The molecule has 1 aromatic rings. The van der Waals surface area contributed by atoms with Gasteiger partial charge in [-0.2, -0.15) is 0 Å². The third kappa shape index (κ3) is 3.17. The Kier molecular flexibility index (Phi) is 4.19. The summed E-state index contributed by atoms with van der Waals surface area (Å²) in [6, 6.07) is 3.00. The molecular weight excluding hydrogens is 224 g/mol. The van der Waals surface area contributed by atoms with Gasteiger partial charge in [0.1, 0.15) is 6.04 Å². The molecule has 0 aliphatic carbocycles. The zero-order valence-electron chi connectivity index (χ0n) is 7.58. The van der Waals surface area contributed by atoms with Gasteiger partial charge in [0.05, 0.1) is 9.34 Å². The van der Waals surface area contributed by atoms with E-state index in [2.05, 4.69) is 10.6 Å². The molecule has 0 radical (unpaired) electrons. The molecular formula is C8H11ClN2O2S. The summed E-state index contributed by atoms with van der Waals surface area (Å²) in [7, 11) is 1.61. The quantitative estimate of drug-likeness (QED) is 0.723. The normalized spacial score (nSPS) is 12.4. The summed E-state index contributed by atoms with van der Waals surface area (Å²) in [5, 5.41) is 15.3. The standard InChI is InChI=1S/C8H11ClN2O2S/c1-10-5(8(12)13)4-11-7-3-2-6(9)14-7/h2-3,5,10-11H,4H2,1H3,(H,12,13). The molecule has 4 nitrogen and oxygen atoms in total. The highest BCUT2D eigenvalue weighted by Crippen LogP contribution is 2.25. The molecule has 14 heavy (non-hydrogen) atoms. The molecule has 0 saturated heterocycles. The number of rotatable bonds is 5. The molecule has 1 rings (SSSR count). The maximum atomic E-state index is 10.6. The number of hydrogen-bond acceptors (Lipinski definition) is 4. The molecule has 0 aromatic carbocycles. The fraction of sp³-hybridized carbons (Fsp3) is 0.375. The lowest BCUT2D eigenvalue weighted by molar-refractivity contribution is -0.138. The zero-order valence-corrected chi connectivity index (χ0v) is 9.15. The number of nitrogens with one attached hydrogen (secondary N) is 2. The summed E-state index contributed by atoms with van der Waals surface area (Å²) >= 11 is 7.10. The van der Waals surface area contributed by atoms with E-state index in [0.29, 0.717) is 10.9 Å². The van der Waals surface area contributed by atoms with Gasteiger partial charge in [0.25, 0.3) is 0 Å². The second kappa shape index (κ2) is 5.19. The Balaban J connectivity index is 2.43. The van der Waals surface area contributed by atoms with Crippen LogP contribution in [0.5, 0.6) is 0 Å². The molecule has 0 spiro atoms. The van der Waals surface area contributed by atoms with Crippen molar-refractivity contribution >= 4 is 33.9 Å². The minimum absolute atomic E-state index is 0.336. The summed E-state index contributed by atoms with van der Waals surface area (Å²) < 4.78 is 0.684. The van der Waals surface area contributed by atoms with Gasteiger partial charge in [-0.3, -0.25) is 4.79 Å². The van der Waals surface area contributed by atoms with E-state index in [4.69, 9.17) is 16.7 Å². The SMILES string of the molecule is CNC(CNc1ccc(Cl)s1)C(=O)O. The minimum atomic E-state index is -0.873. The van der Waals surface area contributed by atoms with E-state index in [-0.39, 0.29) is 0 Å². The average Bonchev–Trinajstić information content (AvgIpc) is 2.52. The summed E-state index contributed by atoms with van der Waals surface area (Å²) in [4.78, 5) is 10.6. The van der Waals surface area contributed by atoms with Crippen molar-refractivity contribution in [1.29, 1.82) is 0 Å². The third-order valence-electron chi connectivity index (χ3n) is 1.70. The van der Waals surface area contributed by atoms with Crippen LogP contribution in [0.4, 0.5) is 5.00 Å². The summed E-state index contributed by atoms with van der Waals surface area (Å²) in [5.74, 6) is -0.873. The lowest BCUT2D eigenvalue weighted by Crippen LogP contribution is -2.39. The molecule has 1 unspecified atom stereocenters. The second-order valence-corrected chi connectivity index (χ2v) is 4.38. The number of carbonyl (C=O) groups is 1.